The van der Waals surface area contributed by atoms with Crippen molar-refractivity contribution in [2.24, 2.45) is 0 Å². The van der Waals surface area contributed by atoms with Crippen molar-refractivity contribution >= 4 is 26.4 Å². The SMILES string of the molecule is FS(F)(F)(F)(F)OC1CCC(Br)CC1. The lowest BCUT2D eigenvalue weighted by molar-refractivity contribution is 0.0753. The molecular formula is C6H10BrF5OS. The van der Waals surface area contributed by atoms with Crippen LogP contribution in [0.3, 0.4) is 0 Å². The van der Waals surface area contributed by atoms with Crippen molar-refractivity contribution in [3.8, 4) is 0 Å². The third-order valence-corrected chi connectivity index (χ3v) is 3.47. The molecule has 8 heteroatoms. The zero-order chi connectivity index (χ0) is 11.1. The second kappa shape index (κ2) is 2.98. The summed E-state index contributed by atoms with van der Waals surface area (Å²) in [6.07, 6.45) is -0.500. The van der Waals surface area contributed by atoms with E-state index in [9.17, 15) is 19.4 Å². The molecular weight excluding hydrogens is 295 g/mol. The fraction of sp³-hybridized carbons (Fsp3) is 1.00. The van der Waals surface area contributed by atoms with E-state index in [0.29, 0.717) is 12.8 Å². The molecule has 0 saturated heterocycles. The van der Waals surface area contributed by atoms with Crippen LogP contribution in [0.15, 0.2) is 0 Å². The Kier molecular flexibility index (Phi) is 2.66. The Balaban J connectivity index is 2.55. The van der Waals surface area contributed by atoms with Crippen molar-refractivity contribution < 1.29 is 23.6 Å². The van der Waals surface area contributed by atoms with Gasteiger partial charge in [0.25, 0.3) is 0 Å². The molecule has 0 aromatic carbocycles. The molecule has 1 saturated carbocycles. The van der Waals surface area contributed by atoms with E-state index in [-0.39, 0.29) is 17.7 Å². The van der Waals surface area contributed by atoms with Crippen LogP contribution in [-0.2, 0) is 4.18 Å². The lowest BCUT2D eigenvalue weighted by Crippen LogP contribution is -2.26. The van der Waals surface area contributed by atoms with E-state index < -0.39 is 16.6 Å². The molecule has 1 rings (SSSR count). The van der Waals surface area contributed by atoms with Crippen molar-refractivity contribution in [1.82, 2.24) is 0 Å². The maximum absolute atomic E-state index is 11.9. The standard InChI is InChI=1S/C6H10BrF5OS/c7-5-1-3-6(4-2-5)13-14(8,9,10,11)12/h5-6H,1-4H2. The Morgan fingerprint density at radius 1 is 0.929 bits per heavy atom. The van der Waals surface area contributed by atoms with Gasteiger partial charge in [0.15, 0.2) is 0 Å². The first-order valence-corrected chi connectivity index (χ1v) is 6.82. The summed E-state index contributed by atoms with van der Waals surface area (Å²) in [6, 6.07) is 0. The molecule has 88 valence electrons. The minimum atomic E-state index is -9.67. The summed E-state index contributed by atoms with van der Waals surface area (Å²) >= 11 is 3.21. The molecule has 1 fully saturated rings. The predicted molar refractivity (Wildman–Crippen MR) is 49.2 cm³/mol. The van der Waals surface area contributed by atoms with Gasteiger partial charge in [0.1, 0.15) is 0 Å². The number of halogens is 6. The third kappa shape index (κ3) is 5.35. The van der Waals surface area contributed by atoms with Crippen LogP contribution in [-0.4, -0.2) is 10.9 Å². The van der Waals surface area contributed by atoms with Crippen molar-refractivity contribution in [1.29, 1.82) is 0 Å². The van der Waals surface area contributed by atoms with Crippen molar-refractivity contribution in [2.75, 3.05) is 0 Å². The Bertz CT molecular complexity index is 218. The van der Waals surface area contributed by atoms with E-state index in [4.69, 9.17) is 0 Å². The molecule has 14 heavy (non-hydrogen) atoms. The number of alkyl halides is 1. The van der Waals surface area contributed by atoms with Crippen LogP contribution in [0.4, 0.5) is 19.4 Å². The van der Waals surface area contributed by atoms with Gasteiger partial charge in [0.05, 0.1) is 6.10 Å². The topological polar surface area (TPSA) is 9.23 Å². The summed E-state index contributed by atoms with van der Waals surface area (Å²) in [5.74, 6) is 0. The summed E-state index contributed by atoms with van der Waals surface area (Å²) in [5.41, 5.74) is 0. The predicted octanol–water partition coefficient (Wildman–Crippen LogP) is 4.92. The summed E-state index contributed by atoms with van der Waals surface area (Å²) in [5, 5.41) is 0. The first-order chi connectivity index (χ1) is 5.95. The van der Waals surface area contributed by atoms with Gasteiger partial charge in [-0.25, -0.2) is 4.18 Å². The van der Waals surface area contributed by atoms with Gasteiger partial charge in [-0.3, -0.25) is 0 Å². The third-order valence-electron chi connectivity index (χ3n) is 1.92. The lowest BCUT2D eigenvalue weighted by atomic mass is 9.98. The first kappa shape index (κ1) is 12.5. The summed E-state index contributed by atoms with van der Waals surface area (Å²) < 4.78 is 62.4. The first-order valence-electron chi connectivity index (χ1n) is 4.03. The second-order valence-electron chi connectivity index (χ2n) is 3.37. The van der Waals surface area contributed by atoms with Gasteiger partial charge in [-0.2, -0.15) is 0 Å². The highest BCUT2D eigenvalue weighted by atomic mass is 79.9. The molecule has 1 aliphatic rings. The Morgan fingerprint density at radius 2 is 1.36 bits per heavy atom. The van der Waals surface area contributed by atoms with Gasteiger partial charge in [-0.05, 0) is 25.7 Å². The van der Waals surface area contributed by atoms with E-state index in [1.54, 1.807) is 0 Å². The molecule has 0 unspecified atom stereocenters. The van der Waals surface area contributed by atoms with Gasteiger partial charge in [0, 0.05) is 4.83 Å². The second-order valence-corrected chi connectivity index (χ2v) is 6.65. The Hall–Kier alpha value is 0.440. The smallest absolute Gasteiger partial charge is 0.236 e. The van der Waals surface area contributed by atoms with Crippen LogP contribution in [0, 0.1) is 0 Å². The van der Waals surface area contributed by atoms with E-state index >= 15 is 0 Å². The summed E-state index contributed by atoms with van der Waals surface area (Å²) in [7, 11) is -9.67. The van der Waals surface area contributed by atoms with Crippen molar-refractivity contribution in [2.45, 2.75) is 36.6 Å². The highest BCUT2D eigenvalue weighted by molar-refractivity contribution is 9.09. The van der Waals surface area contributed by atoms with Crippen LogP contribution in [0.1, 0.15) is 25.7 Å². The van der Waals surface area contributed by atoms with E-state index in [1.165, 1.54) is 0 Å². The molecule has 0 atom stereocenters. The number of rotatable bonds is 2. The van der Waals surface area contributed by atoms with Gasteiger partial charge in [0.2, 0.25) is 0 Å². The number of hydrogen-bond donors (Lipinski definition) is 0. The Labute approximate surface area is 87.0 Å². The molecule has 0 heterocycles. The summed E-state index contributed by atoms with van der Waals surface area (Å²) in [6.45, 7) is 0. The minimum absolute atomic E-state index is 0.0154. The zero-order valence-corrected chi connectivity index (χ0v) is 9.47. The molecule has 0 spiro atoms. The van der Waals surface area contributed by atoms with Gasteiger partial charge >= 0.3 is 10.5 Å². The largest absolute Gasteiger partial charge is 0.397 e. The molecule has 0 aromatic rings. The minimum Gasteiger partial charge on any atom is -0.236 e. The van der Waals surface area contributed by atoms with Crippen molar-refractivity contribution in [3.63, 3.8) is 0 Å². The maximum atomic E-state index is 11.9. The van der Waals surface area contributed by atoms with Gasteiger partial charge in [-0.15, -0.1) is 0 Å². The normalized spacial score (nSPS) is 34.7. The van der Waals surface area contributed by atoms with Crippen LogP contribution in [0.25, 0.3) is 0 Å². The molecule has 0 aromatic heterocycles. The van der Waals surface area contributed by atoms with Gasteiger partial charge in [-0.1, -0.05) is 35.4 Å². The highest BCUT2D eigenvalue weighted by Crippen LogP contribution is 2.99. The lowest BCUT2D eigenvalue weighted by Gasteiger charge is -2.42. The van der Waals surface area contributed by atoms with E-state index in [1.807, 2.05) is 0 Å². The van der Waals surface area contributed by atoms with Crippen LogP contribution < -0.4 is 0 Å². The maximum Gasteiger partial charge on any atom is 0.397 e. The fourth-order valence-electron chi connectivity index (χ4n) is 1.38. The average Bonchev–Trinajstić information content (AvgIpc) is 1.88. The Morgan fingerprint density at radius 3 is 1.71 bits per heavy atom. The molecule has 0 radical (unpaired) electrons. The molecule has 0 bridgehead atoms. The highest BCUT2D eigenvalue weighted by Gasteiger charge is 2.67. The van der Waals surface area contributed by atoms with Crippen LogP contribution in [0.2, 0.25) is 0 Å². The van der Waals surface area contributed by atoms with Crippen LogP contribution in [0.5, 0.6) is 0 Å². The molecule has 1 aliphatic carbocycles. The van der Waals surface area contributed by atoms with E-state index in [2.05, 4.69) is 20.1 Å². The quantitative estimate of drug-likeness (QED) is 0.519. The molecule has 0 aliphatic heterocycles. The molecule has 0 amide bonds. The van der Waals surface area contributed by atoms with Gasteiger partial charge < -0.3 is 0 Å². The average molecular weight is 305 g/mol. The fourth-order valence-corrected chi connectivity index (χ4v) is 2.61. The molecule has 0 N–H and O–H groups in total. The van der Waals surface area contributed by atoms with Crippen molar-refractivity contribution in [3.05, 3.63) is 0 Å². The monoisotopic (exact) mass is 304 g/mol. The van der Waals surface area contributed by atoms with E-state index in [0.717, 1.165) is 0 Å². The zero-order valence-electron chi connectivity index (χ0n) is 7.07. The number of hydrogen-bond acceptors (Lipinski definition) is 1. The van der Waals surface area contributed by atoms with Crippen LogP contribution >= 0.6 is 26.4 Å². The summed E-state index contributed by atoms with van der Waals surface area (Å²) in [4.78, 5) is 0.112. The molecule has 1 nitrogen and oxygen atoms in total.